The van der Waals surface area contributed by atoms with Crippen LogP contribution in [0.3, 0.4) is 0 Å². The van der Waals surface area contributed by atoms with Gasteiger partial charge in [-0.05, 0) is 31.0 Å². The highest BCUT2D eigenvalue weighted by Gasteiger charge is 2.23. The molecule has 2 N–H and O–H groups in total. The molecule has 0 aliphatic carbocycles. The maximum Gasteiger partial charge on any atom is 0.166 e. The zero-order chi connectivity index (χ0) is 12.5. The molecule has 0 bridgehead atoms. The van der Waals surface area contributed by atoms with Gasteiger partial charge in [0, 0.05) is 13.0 Å². The maximum absolute atomic E-state index is 13.8. The minimum absolute atomic E-state index is 0.262. The number of hydrogen-bond donors (Lipinski definition) is 1. The van der Waals surface area contributed by atoms with Crippen molar-refractivity contribution in [1.82, 2.24) is 14.8 Å². The third kappa shape index (κ3) is 1.80. The summed E-state index contributed by atoms with van der Waals surface area (Å²) in [5.74, 6) is 1.71. The van der Waals surface area contributed by atoms with Gasteiger partial charge in [-0.1, -0.05) is 12.1 Å². The number of aryl methyl sites for hydroxylation is 1. The third-order valence-corrected chi connectivity index (χ3v) is 3.49. The van der Waals surface area contributed by atoms with E-state index in [4.69, 9.17) is 5.73 Å². The first-order valence-electron chi connectivity index (χ1n) is 6.16. The van der Waals surface area contributed by atoms with Crippen molar-refractivity contribution < 1.29 is 4.39 Å². The lowest BCUT2D eigenvalue weighted by Gasteiger charge is -2.22. The number of hydrogen-bond acceptors (Lipinski definition) is 3. The van der Waals surface area contributed by atoms with Gasteiger partial charge in [0.2, 0.25) is 0 Å². The number of aromatic nitrogens is 3. The molecule has 2 aromatic rings. The number of nitrogens with zero attached hydrogens (tertiary/aromatic N) is 3. The fourth-order valence-electron chi connectivity index (χ4n) is 2.43. The predicted molar refractivity (Wildman–Crippen MR) is 66.3 cm³/mol. The number of benzene rings is 1. The Hall–Kier alpha value is -1.75. The molecule has 5 heteroatoms. The Balaban J connectivity index is 2.05. The zero-order valence-corrected chi connectivity index (χ0v) is 10.0. The van der Waals surface area contributed by atoms with Crippen LogP contribution in [0.4, 0.5) is 4.39 Å². The lowest BCUT2D eigenvalue weighted by Crippen LogP contribution is -2.26. The number of nitrogens with two attached hydrogens (primary N) is 1. The maximum atomic E-state index is 13.8. The lowest BCUT2D eigenvalue weighted by atomic mass is 9.99. The van der Waals surface area contributed by atoms with E-state index in [0.717, 1.165) is 25.2 Å². The van der Waals surface area contributed by atoms with Crippen molar-refractivity contribution in [1.29, 1.82) is 0 Å². The van der Waals surface area contributed by atoms with Crippen LogP contribution in [0, 0.1) is 11.7 Å². The summed E-state index contributed by atoms with van der Waals surface area (Å²) >= 11 is 0. The minimum atomic E-state index is -0.262. The van der Waals surface area contributed by atoms with Crippen LogP contribution in [-0.2, 0) is 13.0 Å². The van der Waals surface area contributed by atoms with E-state index in [1.807, 2.05) is 10.6 Å². The Morgan fingerprint density at radius 3 is 2.94 bits per heavy atom. The van der Waals surface area contributed by atoms with Crippen molar-refractivity contribution in [2.45, 2.75) is 19.4 Å². The second kappa shape index (κ2) is 4.49. The molecule has 1 unspecified atom stereocenters. The third-order valence-electron chi connectivity index (χ3n) is 3.49. The fourth-order valence-corrected chi connectivity index (χ4v) is 2.43. The van der Waals surface area contributed by atoms with Gasteiger partial charge in [0.15, 0.2) is 5.82 Å². The summed E-state index contributed by atoms with van der Waals surface area (Å²) in [6.07, 6.45) is 1.90. The van der Waals surface area contributed by atoms with Gasteiger partial charge in [-0.15, -0.1) is 10.2 Å². The van der Waals surface area contributed by atoms with E-state index in [0.29, 0.717) is 23.9 Å². The molecular weight excluding hydrogens is 231 g/mol. The lowest BCUT2D eigenvalue weighted by molar-refractivity contribution is 0.375. The molecule has 18 heavy (non-hydrogen) atoms. The largest absolute Gasteiger partial charge is 0.330 e. The van der Waals surface area contributed by atoms with Gasteiger partial charge in [-0.3, -0.25) is 0 Å². The second-order valence-corrected chi connectivity index (χ2v) is 4.67. The molecule has 1 atom stereocenters. The van der Waals surface area contributed by atoms with Crippen LogP contribution in [-0.4, -0.2) is 21.3 Å². The van der Waals surface area contributed by atoms with Crippen molar-refractivity contribution in [3.63, 3.8) is 0 Å². The van der Waals surface area contributed by atoms with Gasteiger partial charge in [-0.2, -0.15) is 0 Å². The normalized spacial score (nSPS) is 18.7. The van der Waals surface area contributed by atoms with Crippen LogP contribution in [0.2, 0.25) is 0 Å². The van der Waals surface area contributed by atoms with Crippen molar-refractivity contribution in [2.24, 2.45) is 11.7 Å². The fraction of sp³-hybridized carbons (Fsp3) is 0.385. The average molecular weight is 246 g/mol. The van der Waals surface area contributed by atoms with Crippen molar-refractivity contribution >= 4 is 0 Å². The Kier molecular flexibility index (Phi) is 2.83. The Labute approximate surface area is 105 Å². The number of fused-ring (bicyclic) bond motifs is 1. The molecule has 1 aromatic carbocycles. The summed E-state index contributed by atoms with van der Waals surface area (Å²) in [6.45, 7) is 1.43. The Morgan fingerprint density at radius 1 is 1.33 bits per heavy atom. The molecule has 4 nitrogen and oxygen atoms in total. The average Bonchev–Trinajstić information content (AvgIpc) is 2.82. The van der Waals surface area contributed by atoms with E-state index in [9.17, 15) is 4.39 Å². The van der Waals surface area contributed by atoms with Crippen molar-refractivity contribution in [3.05, 3.63) is 35.9 Å². The Morgan fingerprint density at radius 2 is 2.17 bits per heavy atom. The van der Waals surface area contributed by atoms with E-state index in [1.54, 1.807) is 12.1 Å². The number of rotatable bonds is 2. The van der Waals surface area contributed by atoms with E-state index >= 15 is 0 Å². The van der Waals surface area contributed by atoms with Crippen molar-refractivity contribution in [3.8, 4) is 11.4 Å². The SMILES string of the molecule is NCC1CCc2nnc(-c3ccccc3F)n2C1. The summed E-state index contributed by atoms with van der Waals surface area (Å²) in [4.78, 5) is 0. The van der Waals surface area contributed by atoms with E-state index < -0.39 is 0 Å². The van der Waals surface area contributed by atoms with E-state index in [2.05, 4.69) is 10.2 Å². The molecule has 0 radical (unpaired) electrons. The van der Waals surface area contributed by atoms with Crippen LogP contribution in [0.1, 0.15) is 12.2 Å². The van der Waals surface area contributed by atoms with Crippen LogP contribution in [0.15, 0.2) is 24.3 Å². The highest BCUT2D eigenvalue weighted by atomic mass is 19.1. The smallest absolute Gasteiger partial charge is 0.166 e. The molecular formula is C13H15FN4. The van der Waals surface area contributed by atoms with Crippen LogP contribution < -0.4 is 5.73 Å². The molecule has 0 saturated carbocycles. The van der Waals surface area contributed by atoms with Gasteiger partial charge in [-0.25, -0.2) is 4.39 Å². The highest BCUT2D eigenvalue weighted by Crippen LogP contribution is 2.26. The Bertz CT molecular complexity index is 564. The van der Waals surface area contributed by atoms with Crippen LogP contribution >= 0.6 is 0 Å². The van der Waals surface area contributed by atoms with E-state index in [1.165, 1.54) is 6.07 Å². The number of halogens is 1. The molecule has 0 saturated heterocycles. The topological polar surface area (TPSA) is 56.7 Å². The minimum Gasteiger partial charge on any atom is -0.330 e. The summed E-state index contributed by atoms with van der Waals surface area (Å²) in [6, 6.07) is 6.66. The zero-order valence-electron chi connectivity index (χ0n) is 10.0. The molecule has 0 fully saturated rings. The standard InChI is InChI=1S/C13H15FN4/c14-11-4-2-1-3-10(11)13-17-16-12-6-5-9(7-15)8-18(12)13/h1-4,9H,5-8,15H2. The van der Waals surface area contributed by atoms with Crippen LogP contribution in [0.25, 0.3) is 11.4 Å². The predicted octanol–water partition coefficient (Wildman–Crippen LogP) is 1.61. The van der Waals surface area contributed by atoms with Gasteiger partial charge in [0.05, 0.1) is 5.56 Å². The van der Waals surface area contributed by atoms with Gasteiger partial charge in [0.1, 0.15) is 11.6 Å². The van der Waals surface area contributed by atoms with E-state index in [-0.39, 0.29) is 5.82 Å². The summed E-state index contributed by atoms with van der Waals surface area (Å²) < 4.78 is 15.8. The highest BCUT2D eigenvalue weighted by molar-refractivity contribution is 5.56. The summed E-state index contributed by atoms with van der Waals surface area (Å²) in [5, 5.41) is 8.28. The van der Waals surface area contributed by atoms with Crippen LogP contribution in [0.5, 0.6) is 0 Å². The molecule has 0 spiro atoms. The first-order chi connectivity index (χ1) is 8.79. The first kappa shape index (κ1) is 11.3. The molecule has 1 aliphatic rings. The molecule has 94 valence electrons. The second-order valence-electron chi connectivity index (χ2n) is 4.67. The molecule has 0 amide bonds. The monoisotopic (exact) mass is 246 g/mol. The summed E-state index contributed by atoms with van der Waals surface area (Å²) in [5.41, 5.74) is 6.23. The van der Waals surface area contributed by atoms with Gasteiger partial charge < -0.3 is 10.3 Å². The van der Waals surface area contributed by atoms with Crippen molar-refractivity contribution in [2.75, 3.05) is 6.54 Å². The molecule has 2 heterocycles. The van der Waals surface area contributed by atoms with Gasteiger partial charge >= 0.3 is 0 Å². The summed E-state index contributed by atoms with van der Waals surface area (Å²) in [7, 11) is 0. The quantitative estimate of drug-likeness (QED) is 0.875. The first-order valence-corrected chi connectivity index (χ1v) is 6.16. The molecule has 1 aromatic heterocycles. The molecule has 1 aliphatic heterocycles. The molecule has 3 rings (SSSR count). The van der Waals surface area contributed by atoms with Gasteiger partial charge in [0.25, 0.3) is 0 Å².